The number of benzene rings is 2. The molecule has 2 amide bonds. The monoisotopic (exact) mass is 417 g/mol. The van der Waals surface area contributed by atoms with Crippen LogP contribution >= 0.6 is 23.4 Å². The number of esters is 1. The number of carbonyl (C=O) groups excluding carboxylic acids is 3. The molecule has 0 saturated heterocycles. The molecule has 0 bridgehead atoms. The highest BCUT2D eigenvalue weighted by atomic mass is 35.5. The van der Waals surface area contributed by atoms with Crippen LogP contribution < -0.4 is 16.2 Å². The van der Waals surface area contributed by atoms with Crippen LogP contribution in [0.3, 0.4) is 0 Å². The molecule has 0 unspecified atom stereocenters. The van der Waals surface area contributed by atoms with Crippen LogP contribution in [-0.4, -0.2) is 24.4 Å². The second-order valence-electron chi connectivity index (χ2n) is 5.67. The van der Waals surface area contributed by atoms with Crippen molar-refractivity contribution in [2.75, 3.05) is 11.9 Å². The number of rotatable bonds is 6. The summed E-state index contributed by atoms with van der Waals surface area (Å²) in [6, 6.07) is 14.7. The van der Waals surface area contributed by atoms with Gasteiger partial charge in [0.15, 0.2) is 6.61 Å². The van der Waals surface area contributed by atoms with Gasteiger partial charge in [-0.3, -0.25) is 20.4 Å². The first-order valence-corrected chi connectivity index (χ1v) is 9.45. The lowest BCUT2D eigenvalue weighted by atomic mass is 10.3. The zero-order valence-electron chi connectivity index (χ0n) is 14.5. The predicted molar refractivity (Wildman–Crippen MR) is 106 cm³/mol. The van der Waals surface area contributed by atoms with E-state index >= 15 is 0 Å². The van der Waals surface area contributed by atoms with Gasteiger partial charge in [0.25, 0.3) is 5.91 Å². The topological polar surface area (TPSA) is 96.5 Å². The minimum Gasteiger partial charge on any atom is -0.451 e. The minimum atomic E-state index is -0.723. The molecular formula is C19H16ClN3O4S. The van der Waals surface area contributed by atoms with Gasteiger partial charge in [0.1, 0.15) is 5.70 Å². The molecule has 0 fully saturated rings. The summed E-state index contributed by atoms with van der Waals surface area (Å²) in [6.45, 7) is -0.453. The highest BCUT2D eigenvalue weighted by Crippen LogP contribution is 2.33. The molecule has 0 radical (unpaired) electrons. The van der Waals surface area contributed by atoms with Crippen molar-refractivity contribution < 1.29 is 19.1 Å². The van der Waals surface area contributed by atoms with Crippen molar-refractivity contribution >= 4 is 46.8 Å². The lowest BCUT2D eigenvalue weighted by Gasteiger charge is -2.15. The van der Waals surface area contributed by atoms with Crippen LogP contribution in [0.25, 0.3) is 0 Å². The molecule has 1 heterocycles. The van der Waals surface area contributed by atoms with E-state index in [4.69, 9.17) is 16.3 Å². The molecule has 0 aliphatic carbocycles. The minimum absolute atomic E-state index is 0.0684. The highest BCUT2D eigenvalue weighted by Gasteiger charge is 2.18. The number of hydrogen-bond donors (Lipinski definition) is 3. The fourth-order valence-electron chi connectivity index (χ4n) is 2.25. The zero-order valence-corrected chi connectivity index (χ0v) is 16.1. The molecule has 3 rings (SSSR count). The summed E-state index contributed by atoms with van der Waals surface area (Å²) in [5.74, 6) is -1.46. The van der Waals surface area contributed by atoms with Gasteiger partial charge in [-0.2, -0.15) is 0 Å². The van der Waals surface area contributed by atoms with E-state index < -0.39 is 18.5 Å². The molecule has 9 heteroatoms. The van der Waals surface area contributed by atoms with Crippen LogP contribution in [0.4, 0.5) is 5.69 Å². The van der Waals surface area contributed by atoms with E-state index in [9.17, 15) is 14.4 Å². The van der Waals surface area contributed by atoms with Gasteiger partial charge in [0, 0.05) is 21.2 Å². The van der Waals surface area contributed by atoms with Gasteiger partial charge in [0.05, 0.1) is 5.69 Å². The molecule has 1 aliphatic rings. The summed E-state index contributed by atoms with van der Waals surface area (Å²) in [5, 5.41) is 3.38. The number of ether oxygens (including phenoxy) is 1. The summed E-state index contributed by atoms with van der Waals surface area (Å²) in [6.07, 6.45) is 1.47. The molecule has 0 saturated carbocycles. The molecule has 144 valence electrons. The first kappa shape index (κ1) is 19.8. The Labute approximate surface area is 170 Å². The first-order valence-electron chi connectivity index (χ1n) is 8.26. The van der Waals surface area contributed by atoms with Gasteiger partial charge in [-0.1, -0.05) is 35.5 Å². The highest BCUT2D eigenvalue weighted by molar-refractivity contribution is 7.99. The number of hydrogen-bond acceptors (Lipinski definition) is 6. The van der Waals surface area contributed by atoms with E-state index in [1.807, 2.05) is 24.3 Å². The number of anilines is 1. The van der Waals surface area contributed by atoms with Crippen molar-refractivity contribution in [3.05, 3.63) is 65.3 Å². The fourth-order valence-corrected chi connectivity index (χ4v) is 3.28. The number of carbonyl (C=O) groups is 3. The van der Waals surface area contributed by atoms with Gasteiger partial charge >= 0.3 is 5.97 Å². The fraction of sp³-hybridized carbons (Fsp3) is 0.105. The maximum absolute atomic E-state index is 12.2. The van der Waals surface area contributed by atoms with E-state index in [0.29, 0.717) is 10.7 Å². The lowest BCUT2D eigenvalue weighted by Crippen LogP contribution is -2.42. The third-order valence-electron chi connectivity index (χ3n) is 3.59. The van der Waals surface area contributed by atoms with Crippen LogP contribution in [-0.2, 0) is 19.1 Å². The molecule has 28 heavy (non-hydrogen) atoms. The summed E-state index contributed by atoms with van der Waals surface area (Å²) < 4.78 is 4.97. The Hall–Kier alpha value is -2.97. The van der Waals surface area contributed by atoms with E-state index in [1.54, 1.807) is 24.3 Å². The molecule has 0 aromatic heterocycles. The number of hydrazine groups is 1. The zero-order chi connectivity index (χ0) is 19.9. The summed E-state index contributed by atoms with van der Waals surface area (Å²) in [7, 11) is 0. The van der Waals surface area contributed by atoms with Gasteiger partial charge in [-0.05, 0) is 42.5 Å². The summed E-state index contributed by atoms with van der Waals surface area (Å²) in [4.78, 5) is 36.9. The van der Waals surface area contributed by atoms with Crippen LogP contribution in [0.2, 0.25) is 5.02 Å². The van der Waals surface area contributed by atoms with Crippen molar-refractivity contribution in [3.63, 3.8) is 0 Å². The predicted octanol–water partition coefficient (Wildman–Crippen LogP) is 2.88. The van der Waals surface area contributed by atoms with E-state index in [-0.39, 0.29) is 18.0 Å². The molecular weight excluding hydrogens is 402 g/mol. The molecule has 2 aromatic rings. The molecule has 7 nitrogen and oxygen atoms in total. The van der Waals surface area contributed by atoms with Crippen LogP contribution in [0, 0.1) is 0 Å². The summed E-state index contributed by atoms with van der Waals surface area (Å²) in [5.41, 5.74) is 5.42. The largest absolute Gasteiger partial charge is 0.451 e. The van der Waals surface area contributed by atoms with E-state index in [0.717, 1.165) is 9.79 Å². The lowest BCUT2D eigenvalue weighted by molar-refractivity contribution is -0.144. The Kier molecular flexibility index (Phi) is 6.57. The number of para-hydroxylation sites is 1. The Morgan fingerprint density at radius 1 is 1.11 bits per heavy atom. The standard InChI is InChI=1S/C19H16ClN3O4S/c20-12-5-7-13(8-6-12)28-16-4-2-1-3-14(16)21-18(25)11-27-19(26)15-9-10-17(24)23-22-15/h1-9,22H,10-11H2,(H,21,25)(H,23,24). The van der Waals surface area contributed by atoms with Gasteiger partial charge in [-0.25, -0.2) is 4.79 Å². The Morgan fingerprint density at radius 2 is 1.86 bits per heavy atom. The maximum Gasteiger partial charge on any atom is 0.356 e. The second kappa shape index (κ2) is 9.29. The van der Waals surface area contributed by atoms with Gasteiger partial charge in [-0.15, -0.1) is 0 Å². The van der Waals surface area contributed by atoms with Crippen molar-refractivity contribution in [2.24, 2.45) is 0 Å². The molecule has 0 atom stereocenters. The normalized spacial score (nSPS) is 13.0. The SMILES string of the molecule is O=C1CC=C(C(=O)OCC(=O)Nc2ccccc2Sc2ccc(Cl)cc2)NN1. The molecule has 1 aliphatic heterocycles. The van der Waals surface area contributed by atoms with Gasteiger partial charge < -0.3 is 10.1 Å². The van der Waals surface area contributed by atoms with E-state index in [1.165, 1.54) is 17.8 Å². The molecule has 0 spiro atoms. The van der Waals surface area contributed by atoms with Crippen LogP contribution in [0.15, 0.2) is 70.1 Å². The second-order valence-corrected chi connectivity index (χ2v) is 7.22. The smallest absolute Gasteiger partial charge is 0.356 e. The van der Waals surface area contributed by atoms with Crippen LogP contribution in [0.1, 0.15) is 6.42 Å². The van der Waals surface area contributed by atoms with Crippen molar-refractivity contribution in [3.8, 4) is 0 Å². The van der Waals surface area contributed by atoms with Crippen molar-refractivity contribution in [1.29, 1.82) is 0 Å². The number of nitrogens with one attached hydrogen (secondary N) is 3. The van der Waals surface area contributed by atoms with Crippen molar-refractivity contribution in [2.45, 2.75) is 16.2 Å². The number of halogens is 1. The summed E-state index contributed by atoms with van der Waals surface area (Å²) >= 11 is 7.37. The quantitative estimate of drug-likeness (QED) is 0.625. The van der Waals surface area contributed by atoms with Crippen molar-refractivity contribution in [1.82, 2.24) is 10.9 Å². The van der Waals surface area contributed by atoms with Crippen LogP contribution in [0.5, 0.6) is 0 Å². The third-order valence-corrected chi connectivity index (χ3v) is 4.92. The first-order chi connectivity index (χ1) is 13.5. The number of amides is 2. The average Bonchev–Trinajstić information content (AvgIpc) is 2.70. The average molecular weight is 418 g/mol. The Bertz CT molecular complexity index is 931. The maximum atomic E-state index is 12.2. The van der Waals surface area contributed by atoms with E-state index in [2.05, 4.69) is 16.2 Å². The molecule has 2 aromatic carbocycles. The van der Waals surface area contributed by atoms with Gasteiger partial charge in [0.2, 0.25) is 5.91 Å². The molecule has 3 N–H and O–H groups in total. The Morgan fingerprint density at radius 3 is 2.57 bits per heavy atom. The Balaban J connectivity index is 1.57. The third kappa shape index (κ3) is 5.51.